The summed E-state index contributed by atoms with van der Waals surface area (Å²) in [7, 11) is 0. The predicted octanol–water partition coefficient (Wildman–Crippen LogP) is 2.92. The van der Waals surface area contributed by atoms with Crippen LogP contribution in [0.15, 0.2) is 11.1 Å². The molecule has 88 valence electrons. The van der Waals surface area contributed by atoms with Gasteiger partial charge in [0.1, 0.15) is 5.03 Å². The summed E-state index contributed by atoms with van der Waals surface area (Å²) in [6.07, 6.45) is 4.76. The molecule has 0 aromatic carbocycles. The minimum Gasteiger partial charge on any atom is -0.326 e. The third kappa shape index (κ3) is 2.41. The minimum absolute atomic E-state index is 0.610. The average Bonchev–Trinajstić information content (AvgIpc) is 2.74. The maximum atomic E-state index is 5.81. The van der Waals surface area contributed by atoms with E-state index in [1.54, 1.807) is 0 Å². The normalized spacial score (nSPS) is 16.2. The molecule has 1 atom stereocenters. The van der Waals surface area contributed by atoms with Gasteiger partial charge in [-0.15, -0.1) is 11.8 Å². The van der Waals surface area contributed by atoms with Crippen LogP contribution < -0.4 is 5.73 Å². The second kappa shape index (κ2) is 5.19. The summed E-state index contributed by atoms with van der Waals surface area (Å²) < 4.78 is 0. The van der Waals surface area contributed by atoms with E-state index >= 15 is 0 Å². The molecule has 3 heteroatoms. The molecule has 0 radical (unpaired) electrons. The lowest BCUT2D eigenvalue weighted by Gasteiger charge is -2.13. The molecule has 1 unspecified atom stereocenters. The Kier molecular flexibility index (Phi) is 3.87. The van der Waals surface area contributed by atoms with Crippen LogP contribution in [0.3, 0.4) is 0 Å². The summed E-state index contributed by atoms with van der Waals surface area (Å²) in [6.45, 7) is 5.08. The number of thioether (sulfide) groups is 1. The van der Waals surface area contributed by atoms with Crippen molar-refractivity contribution >= 4 is 11.8 Å². The molecule has 2 N–H and O–H groups in total. The first kappa shape index (κ1) is 11.9. The molecular formula is C13H20N2S. The van der Waals surface area contributed by atoms with Gasteiger partial charge >= 0.3 is 0 Å². The van der Waals surface area contributed by atoms with Crippen LogP contribution >= 0.6 is 11.8 Å². The Morgan fingerprint density at radius 3 is 3.00 bits per heavy atom. The molecule has 1 aliphatic rings. The third-order valence-electron chi connectivity index (χ3n) is 3.20. The first-order chi connectivity index (χ1) is 7.74. The summed E-state index contributed by atoms with van der Waals surface area (Å²) in [4.78, 5) is 4.79. The van der Waals surface area contributed by atoms with Crippen molar-refractivity contribution in [3.05, 3.63) is 22.9 Å². The highest BCUT2D eigenvalue weighted by atomic mass is 32.2. The summed E-state index contributed by atoms with van der Waals surface area (Å²) in [5.74, 6) is 0. The number of pyridine rings is 1. The summed E-state index contributed by atoms with van der Waals surface area (Å²) in [5.41, 5.74) is 9.77. The third-order valence-corrected chi connectivity index (χ3v) is 4.51. The lowest BCUT2D eigenvalue weighted by atomic mass is 10.1. The van der Waals surface area contributed by atoms with Crippen LogP contribution in [0.25, 0.3) is 0 Å². The van der Waals surface area contributed by atoms with Crippen LogP contribution in [-0.4, -0.2) is 10.2 Å². The van der Waals surface area contributed by atoms with E-state index in [2.05, 4.69) is 19.9 Å². The number of nitrogens with zero attached hydrogens (tertiary/aromatic N) is 1. The standard InChI is InChI=1S/C13H20N2S/c1-3-9(2)16-13-11(8-14)7-10-5-4-6-12(10)15-13/h7,9H,3-6,8,14H2,1-2H3. The van der Waals surface area contributed by atoms with Crippen LogP contribution in [-0.2, 0) is 19.4 Å². The number of nitrogens with two attached hydrogens (primary N) is 1. The van der Waals surface area contributed by atoms with E-state index in [0.29, 0.717) is 11.8 Å². The molecule has 1 aliphatic carbocycles. The molecular weight excluding hydrogens is 216 g/mol. The monoisotopic (exact) mass is 236 g/mol. The molecule has 0 fully saturated rings. The van der Waals surface area contributed by atoms with Gasteiger partial charge in [-0.2, -0.15) is 0 Å². The van der Waals surface area contributed by atoms with Crippen molar-refractivity contribution in [2.45, 2.75) is 56.4 Å². The van der Waals surface area contributed by atoms with Crippen molar-refractivity contribution in [2.24, 2.45) is 5.73 Å². The Hall–Kier alpha value is -0.540. The molecule has 1 aromatic rings. The highest BCUT2D eigenvalue weighted by molar-refractivity contribution is 7.99. The SMILES string of the molecule is CCC(C)Sc1nc2c(cc1CN)CCC2. The first-order valence-corrected chi connectivity index (χ1v) is 7.01. The van der Waals surface area contributed by atoms with Gasteiger partial charge in [-0.1, -0.05) is 19.9 Å². The van der Waals surface area contributed by atoms with Crippen LogP contribution in [0, 0.1) is 0 Å². The predicted molar refractivity (Wildman–Crippen MR) is 69.8 cm³/mol. The molecule has 0 saturated carbocycles. The lowest BCUT2D eigenvalue weighted by Crippen LogP contribution is -2.05. The van der Waals surface area contributed by atoms with E-state index in [9.17, 15) is 0 Å². The summed E-state index contributed by atoms with van der Waals surface area (Å²) >= 11 is 1.87. The summed E-state index contributed by atoms with van der Waals surface area (Å²) in [6, 6.07) is 2.28. The van der Waals surface area contributed by atoms with Crippen LogP contribution in [0.1, 0.15) is 43.5 Å². The van der Waals surface area contributed by atoms with Crippen molar-refractivity contribution in [3.8, 4) is 0 Å². The molecule has 16 heavy (non-hydrogen) atoms. The zero-order chi connectivity index (χ0) is 11.5. The zero-order valence-corrected chi connectivity index (χ0v) is 10.9. The van der Waals surface area contributed by atoms with Gasteiger partial charge in [0.05, 0.1) is 0 Å². The molecule has 2 rings (SSSR count). The molecule has 0 amide bonds. The largest absolute Gasteiger partial charge is 0.326 e. The van der Waals surface area contributed by atoms with Gasteiger partial charge in [-0.05, 0) is 36.8 Å². The van der Waals surface area contributed by atoms with E-state index in [0.717, 1.165) is 11.4 Å². The maximum Gasteiger partial charge on any atom is 0.101 e. The fourth-order valence-corrected chi connectivity index (χ4v) is 3.03. The molecule has 1 heterocycles. The van der Waals surface area contributed by atoms with Gasteiger partial charge in [-0.3, -0.25) is 0 Å². The van der Waals surface area contributed by atoms with Crippen LogP contribution in [0.5, 0.6) is 0 Å². The lowest BCUT2D eigenvalue weighted by molar-refractivity contribution is 0.870. The fraction of sp³-hybridized carbons (Fsp3) is 0.615. The van der Waals surface area contributed by atoms with Gasteiger partial charge in [0, 0.05) is 17.5 Å². The van der Waals surface area contributed by atoms with Crippen molar-refractivity contribution in [1.29, 1.82) is 0 Å². The van der Waals surface area contributed by atoms with Crippen molar-refractivity contribution < 1.29 is 0 Å². The van der Waals surface area contributed by atoms with E-state index in [1.807, 2.05) is 11.8 Å². The Morgan fingerprint density at radius 1 is 1.50 bits per heavy atom. The number of fused-ring (bicyclic) bond motifs is 1. The highest BCUT2D eigenvalue weighted by Gasteiger charge is 2.17. The van der Waals surface area contributed by atoms with Gasteiger partial charge in [-0.25, -0.2) is 4.98 Å². The fourth-order valence-electron chi connectivity index (χ4n) is 2.02. The Morgan fingerprint density at radius 2 is 2.31 bits per heavy atom. The maximum absolute atomic E-state index is 5.81. The number of aromatic nitrogens is 1. The highest BCUT2D eigenvalue weighted by Crippen LogP contribution is 2.30. The van der Waals surface area contributed by atoms with Crippen molar-refractivity contribution in [2.75, 3.05) is 0 Å². The van der Waals surface area contributed by atoms with Gasteiger partial charge in [0.15, 0.2) is 0 Å². The first-order valence-electron chi connectivity index (χ1n) is 6.13. The molecule has 2 nitrogen and oxygen atoms in total. The Labute approximate surface area is 102 Å². The number of hydrogen-bond donors (Lipinski definition) is 1. The van der Waals surface area contributed by atoms with E-state index in [1.165, 1.54) is 36.1 Å². The molecule has 1 aromatic heterocycles. The number of aryl methyl sites for hydroxylation is 2. The Bertz CT molecular complexity index is 376. The molecule has 0 spiro atoms. The second-order valence-corrected chi connectivity index (χ2v) is 5.88. The number of rotatable bonds is 4. The van der Waals surface area contributed by atoms with E-state index < -0.39 is 0 Å². The quantitative estimate of drug-likeness (QED) is 0.817. The second-order valence-electron chi connectivity index (χ2n) is 4.45. The average molecular weight is 236 g/mol. The van der Waals surface area contributed by atoms with Gasteiger partial charge in [0.2, 0.25) is 0 Å². The van der Waals surface area contributed by atoms with Crippen LogP contribution in [0.2, 0.25) is 0 Å². The van der Waals surface area contributed by atoms with Crippen molar-refractivity contribution in [3.63, 3.8) is 0 Å². The minimum atomic E-state index is 0.610. The smallest absolute Gasteiger partial charge is 0.101 e. The summed E-state index contributed by atoms with van der Waals surface area (Å²) in [5, 5.41) is 1.79. The van der Waals surface area contributed by atoms with E-state index in [4.69, 9.17) is 10.7 Å². The van der Waals surface area contributed by atoms with Gasteiger partial charge < -0.3 is 5.73 Å². The molecule has 0 bridgehead atoms. The topological polar surface area (TPSA) is 38.9 Å². The number of hydrogen-bond acceptors (Lipinski definition) is 3. The van der Waals surface area contributed by atoms with Crippen LogP contribution in [0.4, 0.5) is 0 Å². The Balaban J connectivity index is 2.28. The molecule has 0 aliphatic heterocycles. The van der Waals surface area contributed by atoms with E-state index in [-0.39, 0.29) is 0 Å². The van der Waals surface area contributed by atoms with Gasteiger partial charge in [0.25, 0.3) is 0 Å². The molecule has 0 saturated heterocycles. The zero-order valence-electron chi connectivity index (χ0n) is 10.1. The van der Waals surface area contributed by atoms with Crippen molar-refractivity contribution in [1.82, 2.24) is 4.98 Å².